The van der Waals surface area contributed by atoms with E-state index in [2.05, 4.69) is 5.32 Å². The van der Waals surface area contributed by atoms with Crippen molar-refractivity contribution in [3.63, 3.8) is 0 Å². The van der Waals surface area contributed by atoms with Gasteiger partial charge in [-0.2, -0.15) is 0 Å². The van der Waals surface area contributed by atoms with E-state index in [4.69, 9.17) is 9.47 Å². The van der Waals surface area contributed by atoms with E-state index in [0.29, 0.717) is 23.8 Å². The second-order valence-corrected chi connectivity index (χ2v) is 13.0. The maximum atomic E-state index is 14.2. The van der Waals surface area contributed by atoms with Gasteiger partial charge in [0, 0.05) is 12.6 Å². The van der Waals surface area contributed by atoms with Crippen LogP contribution in [0.2, 0.25) is 0 Å². The van der Waals surface area contributed by atoms with Crippen LogP contribution < -0.4 is 19.1 Å². The molecule has 0 saturated heterocycles. The minimum Gasteiger partial charge on any atom is -0.497 e. The Morgan fingerprint density at radius 1 is 0.909 bits per heavy atom. The van der Waals surface area contributed by atoms with Crippen molar-refractivity contribution in [2.45, 2.75) is 76.4 Å². The fourth-order valence-electron chi connectivity index (χ4n) is 5.32. The Hall–Kier alpha value is -4.05. The number of nitrogens with one attached hydrogen (secondary N) is 1. The molecule has 9 nitrogen and oxygen atoms in total. The monoisotopic (exact) mass is 621 g/mol. The van der Waals surface area contributed by atoms with E-state index < -0.39 is 28.5 Å². The summed E-state index contributed by atoms with van der Waals surface area (Å²) in [6.45, 7) is 5.51. The van der Waals surface area contributed by atoms with Gasteiger partial charge in [-0.15, -0.1) is 0 Å². The first-order chi connectivity index (χ1) is 21.1. The lowest BCUT2D eigenvalue weighted by atomic mass is 9.95. The highest BCUT2D eigenvalue weighted by atomic mass is 32.2. The van der Waals surface area contributed by atoms with Gasteiger partial charge in [0.25, 0.3) is 10.0 Å². The van der Waals surface area contributed by atoms with Gasteiger partial charge in [-0.25, -0.2) is 8.42 Å². The number of sulfonamides is 1. The van der Waals surface area contributed by atoms with E-state index in [1.807, 2.05) is 26.0 Å². The van der Waals surface area contributed by atoms with Crippen molar-refractivity contribution in [2.24, 2.45) is 0 Å². The highest BCUT2D eigenvalue weighted by molar-refractivity contribution is 7.92. The van der Waals surface area contributed by atoms with Crippen molar-refractivity contribution >= 4 is 27.5 Å². The van der Waals surface area contributed by atoms with Gasteiger partial charge in [0.2, 0.25) is 11.8 Å². The summed E-state index contributed by atoms with van der Waals surface area (Å²) in [5.41, 5.74) is 2.01. The highest BCUT2D eigenvalue weighted by Crippen LogP contribution is 2.27. The zero-order valence-electron chi connectivity index (χ0n) is 26.0. The van der Waals surface area contributed by atoms with Crippen molar-refractivity contribution in [2.75, 3.05) is 24.6 Å². The van der Waals surface area contributed by atoms with Gasteiger partial charge >= 0.3 is 0 Å². The molecule has 0 spiro atoms. The van der Waals surface area contributed by atoms with Crippen molar-refractivity contribution in [1.29, 1.82) is 0 Å². The number of aryl methyl sites for hydroxylation is 1. The van der Waals surface area contributed by atoms with Crippen LogP contribution in [0.4, 0.5) is 5.69 Å². The van der Waals surface area contributed by atoms with Crippen molar-refractivity contribution in [3.05, 3.63) is 83.9 Å². The summed E-state index contributed by atoms with van der Waals surface area (Å²) in [5, 5.41) is 3.12. The minimum atomic E-state index is -4.15. The molecule has 1 unspecified atom stereocenters. The Bertz CT molecular complexity index is 1490. The minimum absolute atomic E-state index is 0.0644. The number of rotatable bonds is 13. The summed E-state index contributed by atoms with van der Waals surface area (Å²) >= 11 is 0. The Morgan fingerprint density at radius 2 is 1.52 bits per heavy atom. The van der Waals surface area contributed by atoms with Crippen molar-refractivity contribution in [3.8, 4) is 11.5 Å². The molecule has 0 aromatic heterocycles. The van der Waals surface area contributed by atoms with Gasteiger partial charge in [-0.1, -0.05) is 49.1 Å². The second-order valence-electron chi connectivity index (χ2n) is 11.1. The topological polar surface area (TPSA) is 105 Å². The number of nitrogens with zero attached hydrogens (tertiary/aromatic N) is 2. The van der Waals surface area contributed by atoms with Crippen molar-refractivity contribution < 1.29 is 27.5 Å². The lowest BCUT2D eigenvalue weighted by molar-refractivity contribution is -0.139. The summed E-state index contributed by atoms with van der Waals surface area (Å²) in [6.07, 6.45) is 5.08. The lowest BCUT2D eigenvalue weighted by Gasteiger charge is -2.33. The van der Waals surface area contributed by atoms with E-state index in [-0.39, 0.29) is 23.4 Å². The molecule has 4 rings (SSSR count). The molecule has 1 N–H and O–H groups in total. The molecule has 3 aromatic rings. The normalized spacial score (nSPS) is 14.4. The Labute approximate surface area is 261 Å². The number of hydrogen-bond acceptors (Lipinski definition) is 6. The van der Waals surface area contributed by atoms with Crippen LogP contribution in [0.5, 0.6) is 11.5 Å². The lowest BCUT2D eigenvalue weighted by Crippen LogP contribution is -2.53. The van der Waals surface area contributed by atoms with Gasteiger partial charge in [0.15, 0.2) is 0 Å². The number of anilines is 1. The first-order valence-corrected chi connectivity index (χ1v) is 16.6. The largest absolute Gasteiger partial charge is 0.497 e. The summed E-state index contributed by atoms with van der Waals surface area (Å²) in [4.78, 5) is 29.2. The van der Waals surface area contributed by atoms with Crippen LogP contribution in [0, 0.1) is 6.92 Å². The van der Waals surface area contributed by atoms with E-state index in [9.17, 15) is 18.0 Å². The molecular formula is C34H43N3O6S. The molecule has 1 aliphatic rings. The van der Waals surface area contributed by atoms with Crippen LogP contribution in [0.25, 0.3) is 0 Å². The molecule has 1 fully saturated rings. The zero-order chi connectivity index (χ0) is 31.7. The van der Waals surface area contributed by atoms with Gasteiger partial charge in [-0.3, -0.25) is 13.9 Å². The molecule has 0 bridgehead atoms. The fourth-order valence-corrected chi connectivity index (χ4v) is 6.73. The van der Waals surface area contributed by atoms with Gasteiger partial charge in [-0.05, 0) is 87.7 Å². The quantitative estimate of drug-likeness (QED) is 0.272. The summed E-state index contributed by atoms with van der Waals surface area (Å²) in [5.74, 6) is 0.495. The molecule has 0 radical (unpaired) electrons. The van der Waals surface area contributed by atoms with E-state index in [0.717, 1.165) is 47.5 Å². The second kappa shape index (κ2) is 15.1. The van der Waals surface area contributed by atoms with Crippen LogP contribution in [0.1, 0.15) is 57.1 Å². The molecule has 0 heterocycles. The standard InChI is InChI=1S/C34H43N3O6S/c1-5-43-31-19-15-29(16-20-31)37(44(40,41)32-21-11-25(2)12-22-32)24-33(38)36(23-27-13-17-30(42-4)18-14-27)26(3)34(39)35-28-9-7-6-8-10-28/h11-22,26,28H,5-10,23-24H2,1-4H3,(H,35,39). The zero-order valence-corrected chi connectivity index (χ0v) is 26.8. The molecule has 1 atom stereocenters. The Kier molecular flexibility index (Phi) is 11.3. The molecule has 1 saturated carbocycles. The summed E-state index contributed by atoms with van der Waals surface area (Å²) in [6, 6.07) is 19.6. The molecule has 236 valence electrons. The molecule has 0 aliphatic heterocycles. The Balaban J connectivity index is 1.67. The van der Waals surface area contributed by atoms with E-state index in [1.54, 1.807) is 62.6 Å². The predicted octanol–water partition coefficient (Wildman–Crippen LogP) is 5.46. The van der Waals surface area contributed by atoms with Crippen LogP contribution in [0.3, 0.4) is 0 Å². The SMILES string of the molecule is CCOc1ccc(N(CC(=O)N(Cc2ccc(OC)cc2)C(C)C(=O)NC2CCCCC2)S(=O)(=O)c2ccc(C)cc2)cc1. The maximum absolute atomic E-state index is 14.2. The number of carbonyl (C=O) groups excluding carboxylic acids is 2. The highest BCUT2D eigenvalue weighted by Gasteiger charge is 2.33. The first-order valence-electron chi connectivity index (χ1n) is 15.2. The van der Waals surface area contributed by atoms with Gasteiger partial charge in [0.05, 0.1) is 24.3 Å². The van der Waals surface area contributed by atoms with Gasteiger partial charge < -0.3 is 19.7 Å². The molecule has 1 aliphatic carbocycles. The van der Waals surface area contributed by atoms with Gasteiger partial charge in [0.1, 0.15) is 24.1 Å². The number of amides is 2. The van der Waals surface area contributed by atoms with Crippen LogP contribution >= 0.6 is 0 Å². The average molecular weight is 622 g/mol. The molecule has 10 heteroatoms. The summed E-state index contributed by atoms with van der Waals surface area (Å²) in [7, 11) is -2.57. The number of ether oxygens (including phenoxy) is 2. The third-order valence-corrected chi connectivity index (χ3v) is 9.74. The van der Waals surface area contributed by atoms with E-state index >= 15 is 0 Å². The maximum Gasteiger partial charge on any atom is 0.264 e. The van der Waals surface area contributed by atoms with Crippen LogP contribution in [-0.2, 0) is 26.2 Å². The van der Waals surface area contributed by atoms with Crippen LogP contribution in [-0.4, -0.2) is 57.5 Å². The average Bonchev–Trinajstić information content (AvgIpc) is 3.03. The first kappa shape index (κ1) is 32.9. The molecular weight excluding hydrogens is 578 g/mol. The number of methoxy groups -OCH3 is 1. The third-order valence-electron chi connectivity index (χ3n) is 7.95. The predicted molar refractivity (Wildman–Crippen MR) is 171 cm³/mol. The number of carbonyl (C=O) groups is 2. The van der Waals surface area contributed by atoms with Crippen LogP contribution in [0.15, 0.2) is 77.7 Å². The third kappa shape index (κ3) is 8.31. The smallest absolute Gasteiger partial charge is 0.264 e. The summed E-state index contributed by atoms with van der Waals surface area (Å²) < 4.78 is 40.0. The molecule has 2 amide bonds. The Morgan fingerprint density at radius 3 is 2.11 bits per heavy atom. The number of hydrogen-bond donors (Lipinski definition) is 1. The van der Waals surface area contributed by atoms with E-state index in [1.165, 1.54) is 17.0 Å². The fraction of sp³-hybridized carbons (Fsp3) is 0.412. The number of benzene rings is 3. The molecule has 3 aromatic carbocycles. The van der Waals surface area contributed by atoms with Crippen molar-refractivity contribution in [1.82, 2.24) is 10.2 Å². The molecule has 44 heavy (non-hydrogen) atoms.